The number of aromatic nitrogens is 1. The molecule has 9 heteroatoms. The number of nitrogens with zero attached hydrogens (tertiary/aromatic N) is 1. The van der Waals surface area contributed by atoms with Gasteiger partial charge in [-0.15, -0.1) is 11.3 Å². The summed E-state index contributed by atoms with van der Waals surface area (Å²) >= 11 is 1.55. The van der Waals surface area contributed by atoms with E-state index in [4.69, 9.17) is 14.5 Å². The molecule has 2 aliphatic carbocycles. The highest BCUT2D eigenvalue weighted by molar-refractivity contribution is 7.15. The van der Waals surface area contributed by atoms with Crippen LogP contribution in [0.2, 0.25) is 0 Å². The highest BCUT2D eigenvalue weighted by Crippen LogP contribution is 2.63. The Bertz CT molecular complexity index is 1330. The van der Waals surface area contributed by atoms with Crippen LogP contribution < -0.4 is 20.1 Å². The standard InChI is InChI=1S/C30H37N3O5S/c1-29-13-12-25(35)30(2,17-34)24(29)16-23-27(20(29)15-26(36)31-18-8-6-5-7-9-18)33-28(39-23)32-21-14-19(37-3)10-11-22(21)38-4/h5-11,14,20,24-25,34-35H,12-13,15-17H2,1-4H3,(H,31,36)(H,32,33). The molecule has 0 bridgehead atoms. The normalized spacial score (nSPS) is 27.7. The van der Waals surface area contributed by atoms with Crippen molar-refractivity contribution in [3.8, 4) is 11.5 Å². The molecule has 5 rings (SSSR count). The van der Waals surface area contributed by atoms with Crippen molar-refractivity contribution in [2.75, 3.05) is 31.5 Å². The number of anilines is 3. The molecule has 2 aliphatic rings. The number of aliphatic hydroxyl groups is 2. The van der Waals surface area contributed by atoms with Crippen LogP contribution in [0, 0.1) is 16.7 Å². The van der Waals surface area contributed by atoms with Crippen molar-refractivity contribution >= 4 is 33.8 Å². The summed E-state index contributed by atoms with van der Waals surface area (Å²) < 4.78 is 10.9. The highest BCUT2D eigenvalue weighted by atomic mass is 32.1. The van der Waals surface area contributed by atoms with E-state index in [9.17, 15) is 15.0 Å². The molecule has 3 aromatic rings. The van der Waals surface area contributed by atoms with E-state index in [1.54, 1.807) is 25.6 Å². The second-order valence-electron chi connectivity index (χ2n) is 11.2. The molecule has 2 aromatic carbocycles. The van der Waals surface area contributed by atoms with Gasteiger partial charge in [0.25, 0.3) is 0 Å². The molecular weight excluding hydrogens is 514 g/mol. The largest absolute Gasteiger partial charge is 0.497 e. The van der Waals surface area contributed by atoms with Gasteiger partial charge in [-0.05, 0) is 54.9 Å². The van der Waals surface area contributed by atoms with E-state index in [1.807, 2.05) is 55.5 Å². The number of thiazole rings is 1. The average molecular weight is 552 g/mol. The van der Waals surface area contributed by atoms with Gasteiger partial charge >= 0.3 is 0 Å². The lowest BCUT2D eigenvalue weighted by molar-refractivity contribution is -0.143. The van der Waals surface area contributed by atoms with Crippen LogP contribution in [0.25, 0.3) is 0 Å². The first kappa shape index (κ1) is 27.4. The summed E-state index contributed by atoms with van der Waals surface area (Å²) in [7, 11) is 3.24. The second kappa shape index (κ2) is 10.8. The Labute approximate surface area is 233 Å². The predicted octanol–water partition coefficient (Wildman–Crippen LogP) is 5.35. The van der Waals surface area contributed by atoms with Crippen molar-refractivity contribution in [2.45, 2.75) is 51.6 Å². The number of para-hydroxylation sites is 1. The molecule has 8 nitrogen and oxygen atoms in total. The van der Waals surface area contributed by atoms with Gasteiger partial charge in [0.1, 0.15) is 11.5 Å². The fourth-order valence-corrected chi connectivity index (χ4v) is 7.73. The molecule has 1 heterocycles. The second-order valence-corrected chi connectivity index (χ2v) is 12.3. The number of amides is 1. The zero-order valence-corrected chi connectivity index (χ0v) is 23.7. The number of carbonyl (C=O) groups is 1. The number of hydrogen-bond donors (Lipinski definition) is 4. The van der Waals surface area contributed by atoms with Gasteiger partial charge in [0, 0.05) is 34.4 Å². The summed E-state index contributed by atoms with van der Waals surface area (Å²) in [4.78, 5) is 19.5. The van der Waals surface area contributed by atoms with Crippen LogP contribution >= 0.6 is 11.3 Å². The van der Waals surface area contributed by atoms with Crippen molar-refractivity contribution in [3.05, 3.63) is 59.1 Å². The van der Waals surface area contributed by atoms with Crippen molar-refractivity contribution in [1.82, 2.24) is 4.98 Å². The van der Waals surface area contributed by atoms with Crippen LogP contribution in [-0.2, 0) is 11.2 Å². The van der Waals surface area contributed by atoms with Gasteiger partial charge in [-0.25, -0.2) is 4.98 Å². The maximum absolute atomic E-state index is 13.4. The Morgan fingerprint density at radius 2 is 1.92 bits per heavy atom. The Hall–Kier alpha value is -3.14. The van der Waals surface area contributed by atoms with Gasteiger partial charge in [-0.1, -0.05) is 32.0 Å². The lowest BCUT2D eigenvalue weighted by Gasteiger charge is -2.58. The van der Waals surface area contributed by atoms with Crippen molar-refractivity contribution < 1.29 is 24.5 Å². The van der Waals surface area contributed by atoms with Crippen molar-refractivity contribution in [1.29, 1.82) is 0 Å². The topological polar surface area (TPSA) is 113 Å². The minimum atomic E-state index is -0.674. The van der Waals surface area contributed by atoms with E-state index in [1.165, 1.54) is 0 Å². The molecule has 5 unspecified atom stereocenters. The fourth-order valence-electron chi connectivity index (χ4n) is 6.65. The number of nitrogens with one attached hydrogen (secondary N) is 2. The van der Waals surface area contributed by atoms with Gasteiger partial charge in [0.15, 0.2) is 5.13 Å². The number of rotatable bonds is 8. The van der Waals surface area contributed by atoms with E-state index >= 15 is 0 Å². The molecule has 1 amide bonds. The summed E-state index contributed by atoms with van der Waals surface area (Å²) in [5, 5.41) is 28.7. The maximum atomic E-state index is 13.4. The van der Waals surface area contributed by atoms with E-state index in [0.717, 1.165) is 28.4 Å². The van der Waals surface area contributed by atoms with Gasteiger partial charge in [-0.2, -0.15) is 0 Å². The summed E-state index contributed by atoms with van der Waals surface area (Å²) in [6, 6.07) is 15.0. The molecule has 1 fully saturated rings. The summed E-state index contributed by atoms with van der Waals surface area (Å²) in [5.41, 5.74) is 1.41. The SMILES string of the molecule is COc1ccc(OC)c(Nc2nc3c(s2)CC2C(C)(CO)C(O)CCC2(C)C3CC(=O)Nc2ccccc2)c1. The Balaban J connectivity index is 1.53. The molecule has 208 valence electrons. The van der Waals surface area contributed by atoms with Crippen LogP contribution in [0.3, 0.4) is 0 Å². The molecule has 4 N–H and O–H groups in total. The molecule has 0 aliphatic heterocycles. The summed E-state index contributed by atoms with van der Waals surface area (Å²) in [6.07, 6.45) is 1.67. The van der Waals surface area contributed by atoms with Gasteiger partial charge in [-0.3, -0.25) is 4.79 Å². The molecule has 1 aromatic heterocycles. The van der Waals surface area contributed by atoms with Crippen molar-refractivity contribution in [3.63, 3.8) is 0 Å². The van der Waals surface area contributed by atoms with Gasteiger partial charge in [0.05, 0.1) is 38.3 Å². The number of ether oxygens (including phenoxy) is 2. The van der Waals surface area contributed by atoms with Crippen LogP contribution in [0.15, 0.2) is 48.5 Å². The number of aliphatic hydroxyl groups excluding tert-OH is 2. The molecule has 39 heavy (non-hydrogen) atoms. The van der Waals surface area contributed by atoms with Crippen LogP contribution in [0.5, 0.6) is 11.5 Å². The number of benzene rings is 2. The first-order valence-corrected chi connectivity index (χ1v) is 14.2. The smallest absolute Gasteiger partial charge is 0.225 e. The van der Waals surface area contributed by atoms with E-state index in [2.05, 4.69) is 17.6 Å². The summed E-state index contributed by atoms with van der Waals surface area (Å²) in [5.74, 6) is 1.10. The minimum Gasteiger partial charge on any atom is -0.497 e. The van der Waals surface area contributed by atoms with Crippen molar-refractivity contribution in [2.24, 2.45) is 16.7 Å². The minimum absolute atomic E-state index is 0.0135. The third kappa shape index (κ3) is 4.99. The van der Waals surface area contributed by atoms with Crippen LogP contribution in [-0.4, -0.2) is 48.0 Å². The summed E-state index contributed by atoms with van der Waals surface area (Å²) in [6.45, 7) is 4.07. The fraction of sp³-hybridized carbons (Fsp3) is 0.467. The zero-order chi connectivity index (χ0) is 27.8. The predicted molar refractivity (Wildman–Crippen MR) is 153 cm³/mol. The number of fused-ring (bicyclic) bond motifs is 2. The molecule has 0 radical (unpaired) electrons. The molecule has 5 atom stereocenters. The molecule has 1 saturated carbocycles. The number of hydrogen-bond acceptors (Lipinski definition) is 8. The lowest BCUT2D eigenvalue weighted by Crippen LogP contribution is -2.57. The number of carbonyl (C=O) groups excluding carboxylic acids is 1. The lowest BCUT2D eigenvalue weighted by atomic mass is 9.47. The van der Waals surface area contributed by atoms with Crippen LogP contribution in [0.1, 0.15) is 49.6 Å². The zero-order valence-electron chi connectivity index (χ0n) is 22.9. The first-order chi connectivity index (χ1) is 18.7. The molecule has 0 saturated heterocycles. The molecule has 0 spiro atoms. The number of methoxy groups -OCH3 is 2. The van der Waals surface area contributed by atoms with E-state index in [-0.39, 0.29) is 36.2 Å². The van der Waals surface area contributed by atoms with Crippen LogP contribution in [0.4, 0.5) is 16.5 Å². The maximum Gasteiger partial charge on any atom is 0.225 e. The van der Waals surface area contributed by atoms with E-state index < -0.39 is 11.5 Å². The first-order valence-electron chi connectivity index (χ1n) is 13.3. The van der Waals surface area contributed by atoms with Gasteiger partial charge < -0.3 is 30.3 Å². The monoisotopic (exact) mass is 551 g/mol. The Morgan fingerprint density at radius 3 is 2.62 bits per heavy atom. The molecular formula is C30H37N3O5S. The Morgan fingerprint density at radius 1 is 1.15 bits per heavy atom. The third-order valence-corrected chi connectivity index (χ3v) is 10.00. The third-order valence-electron chi connectivity index (χ3n) is 8.99. The average Bonchev–Trinajstić information content (AvgIpc) is 3.34. The van der Waals surface area contributed by atoms with E-state index in [0.29, 0.717) is 29.5 Å². The van der Waals surface area contributed by atoms with Gasteiger partial charge in [0.2, 0.25) is 5.91 Å². The highest BCUT2D eigenvalue weighted by Gasteiger charge is 2.59. The quantitative estimate of drug-likeness (QED) is 0.299. The Kier molecular flexibility index (Phi) is 7.59.